The van der Waals surface area contributed by atoms with Crippen molar-refractivity contribution in [3.8, 4) is 0 Å². The van der Waals surface area contributed by atoms with Gasteiger partial charge in [0.15, 0.2) is 0 Å². The lowest BCUT2D eigenvalue weighted by Crippen LogP contribution is -2.46. The van der Waals surface area contributed by atoms with Crippen LogP contribution in [0.25, 0.3) is 0 Å². The average Bonchev–Trinajstić information content (AvgIpc) is 2.35. The maximum absolute atomic E-state index is 9.46. The molecule has 0 amide bonds. The number of nitrogens with one attached hydrogen (secondary N) is 1. The van der Waals surface area contributed by atoms with Crippen molar-refractivity contribution in [3.63, 3.8) is 0 Å². The van der Waals surface area contributed by atoms with Crippen LogP contribution in [0.5, 0.6) is 0 Å². The molecule has 3 nitrogen and oxygen atoms in total. The van der Waals surface area contributed by atoms with E-state index in [9.17, 15) is 5.11 Å². The molecule has 0 aliphatic rings. The van der Waals surface area contributed by atoms with Crippen LogP contribution >= 0.6 is 0 Å². The summed E-state index contributed by atoms with van der Waals surface area (Å²) in [6, 6.07) is 0. The smallest absolute Gasteiger partial charge is 0.0610 e. The summed E-state index contributed by atoms with van der Waals surface area (Å²) in [5.41, 5.74) is -0.125. The van der Waals surface area contributed by atoms with Crippen LogP contribution in [0.2, 0.25) is 0 Å². The summed E-state index contributed by atoms with van der Waals surface area (Å²) >= 11 is 0. The highest BCUT2D eigenvalue weighted by molar-refractivity contribution is 4.81. The normalized spacial score (nSPS) is 16.6. The molecule has 0 aliphatic carbocycles. The second-order valence-electron chi connectivity index (χ2n) is 6.41. The summed E-state index contributed by atoms with van der Waals surface area (Å²) in [4.78, 5) is 0. The predicted octanol–water partition coefficient (Wildman–Crippen LogP) is 3.36. The zero-order valence-corrected chi connectivity index (χ0v) is 13.7. The average molecular weight is 273 g/mol. The van der Waals surface area contributed by atoms with Crippen LogP contribution in [0.3, 0.4) is 0 Å². The standard InChI is InChI=1S/C16H35NO2/c1-6-10-17-16(5,13-18)9-7-8-11-19-15(4)12-14(2)3/h14-15,17-18H,6-13H2,1-5H3. The SMILES string of the molecule is CCCNC(C)(CO)CCCCOC(C)CC(C)C. The highest BCUT2D eigenvalue weighted by Gasteiger charge is 2.21. The fourth-order valence-corrected chi connectivity index (χ4v) is 2.28. The molecule has 0 spiro atoms. The first kappa shape index (κ1) is 18.9. The van der Waals surface area contributed by atoms with Gasteiger partial charge in [0.05, 0.1) is 12.7 Å². The molecule has 0 aromatic heterocycles. The maximum atomic E-state index is 9.46. The van der Waals surface area contributed by atoms with Gasteiger partial charge in [0.1, 0.15) is 0 Å². The number of hydrogen-bond acceptors (Lipinski definition) is 3. The Balaban J connectivity index is 3.66. The van der Waals surface area contributed by atoms with E-state index in [4.69, 9.17) is 4.74 Å². The Kier molecular flexibility index (Phi) is 10.6. The molecule has 0 bridgehead atoms. The number of aliphatic hydroxyl groups is 1. The number of aliphatic hydroxyl groups excluding tert-OH is 1. The van der Waals surface area contributed by atoms with E-state index in [2.05, 4.69) is 39.9 Å². The number of ether oxygens (including phenoxy) is 1. The molecule has 0 radical (unpaired) electrons. The number of unbranched alkanes of at least 4 members (excludes halogenated alkanes) is 1. The molecule has 0 fully saturated rings. The number of hydrogen-bond donors (Lipinski definition) is 2. The van der Waals surface area contributed by atoms with Gasteiger partial charge in [0.25, 0.3) is 0 Å². The van der Waals surface area contributed by atoms with E-state index in [-0.39, 0.29) is 12.1 Å². The van der Waals surface area contributed by atoms with Crippen LogP contribution in [0, 0.1) is 5.92 Å². The molecular weight excluding hydrogens is 238 g/mol. The van der Waals surface area contributed by atoms with Crippen molar-refractivity contribution in [2.45, 2.75) is 78.4 Å². The molecule has 0 rings (SSSR count). The predicted molar refractivity (Wildman–Crippen MR) is 82.5 cm³/mol. The van der Waals surface area contributed by atoms with Crippen molar-refractivity contribution < 1.29 is 9.84 Å². The largest absolute Gasteiger partial charge is 0.394 e. The molecule has 2 unspecified atom stereocenters. The summed E-state index contributed by atoms with van der Waals surface area (Å²) in [5, 5.41) is 12.9. The summed E-state index contributed by atoms with van der Waals surface area (Å²) in [5.74, 6) is 0.700. The first-order chi connectivity index (χ1) is 8.93. The van der Waals surface area contributed by atoms with E-state index in [0.29, 0.717) is 12.0 Å². The third-order valence-electron chi connectivity index (χ3n) is 3.48. The second kappa shape index (κ2) is 10.6. The van der Waals surface area contributed by atoms with Crippen LogP contribution in [-0.2, 0) is 4.74 Å². The van der Waals surface area contributed by atoms with Gasteiger partial charge in [0.2, 0.25) is 0 Å². The van der Waals surface area contributed by atoms with Crippen LogP contribution in [0.1, 0.15) is 66.7 Å². The van der Waals surface area contributed by atoms with Gasteiger partial charge in [-0.2, -0.15) is 0 Å². The minimum atomic E-state index is -0.125. The lowest BCUT2D eigenvalue weighted by Gasteiger charge is -2.29. The Morgan fingerprint density at radius 1 is 1.21 bits per heavy atom. The van der Waals surface area contributed by atoms with Crippen molar-refractivity contribution in [3.05, 3.63) is 0 Å². The van der Waals surface area contributed by atoms with Crippen molar-refractivity contribution in [1.29, 1.82) is 0 Å². The molecule has 0 saturated heterocycles. The van der Waals surface area contributed by atoms with E-state index in [0.717, 1.165) is 45.3 Å². The lowest BCUT2D eigenvalue weighted by atomic mass is 9.95. The van der Waals surface area contributed by atoms with E-state index in [1.807, 2.05) is 0 Å². The quantitative estimate of drug-likeness (QED) is 0.536. The van der Waals surface area contributed by atoms with E-state index >= 15 is 0 Å². The van der Waals surface area contributed by atoms with Gasteiger partial charge < -0.3 is 15.2 Å². The van der Waals surface area contributed by atoms with Gasteiger partial charge in [-0.05, 0) is 58.4 Å². The fourth-order valence-electron chi connectivity index (χ4n) is 2.28. The van der Waals surface area contributed by atoms with E-state index < -0.39 is 0 Å². The molecule has 0 saturated carbocycles. The van der Waals surface area contributed by atoms with Gasteiger partial charge in [-0.25, -0.2) is 0 Å². The van der Waals surface area contributed by atoms with E-state index in [1.54, 1.807) is 0 Å². The van der Waals surface area contributed by atoms with Gasteiger partial charge >= 0.3 is 0 Å². The van der Waals surface area contributed by atoms with Gasteiger partial charge in [0, 0.05) is 12.1 Å². The molecule has 0 aromatic rings. The molecule has 2 N–H and O–H groups in total. The molecule has 3 heteroatoms. The Morgan fingerprint density at radius 3 is 2.42 bits per heavy atom. The van der Waals surface area contributed by atoms with Crippen molar-refractivity contribution in [2.75, 3.05) is 19.8 Å². The second-order valence-corrected chi connectivity index (χ2v) is 6.41. The topological polar surface area (TPSA) is 41.5 Å². The first-order valence-electron chi connectivity index (χ1n) is 7.91. The van der Waals surface area contributed by atoms with Crippen LogP contribution in [0.15, 0.2) is 0 Å². The van der Waals surface area contributed by atoms with Gasteiger partial charge in [-0.1, -0.05) is 20.8 Å². The highest BCUT2D eigenvalue weighted by atomic mass is 16.5. The third kappa shape index (κ3) is 10.3. The zero-order chi connectivity index (χ0) is 14.7. The van der Waals surface area contributed by atoms with Crippen LogP contribution < -0.4 is 5.32 Å². The Labute approximate surface area is 120 Å². The van der Waals surface area contributed by atoms with Gasteiger partial charge in [-0.3, -0.25) is 0 Å². The van der Waals surface area contributed by atoms with Gasteiger partial charge in [-0.15, -0.1) is 0 Å². The third-order valence-corrected chi connectivity index (χ3v) is 3.48. The van der Waals surface area contributed by atoms with E-state index in [1.165, 1.54) is 0 Å². The molecule has 116 valence electrons. The summed E-state index contributed by atoms with van der Waals surface area (Å²) in [6.07, 6.45) is 5.78. The monoisotopic (exact) mass is 273 g/mol. The fraction of sp³-hybridized carbons (Fsp3) is 1.00. The maximum Gasteiger partial charge on any atom is 0.0610 e. The zero-order valence-electron chi connectivity index (χ0n) is 13.7. The Morgan fingerprint density at radius 2 is 1.89 bits per heavy atom. The minimum Gasteiger partial charge on any atom is -0.394 e. The molecule has 0 aliphatic heterocycles. The molecule has 2 atom stereocenters. The Hall–Kier alpha value is -0.120. The summed E-state index contributed by atoms with van der Waals surface area (Å²) < 4.78 is 5.80. The summed E-state index contributed by atoms with van der Waals surface area (Å²) in [6.45, 7) is 12.9. The van der Waals surface area contributed by atoms with Crippen molar-refractivity contribution in [2.24, 2.45) is 5.92 Å². The van der Waals surface area contributed by atoms with Crippen LogP contribution in [-0.4, -0.2) is 36.5 Å². The van der Waals surface area contributed by atoms with Crippen LogP contribution in [0.4, 0.5) is 0 Å². The Bertz CT molecular complexity index is 209. The van der Waals surface area contributed by atoms with Crippen molar-refractivity contribution >= 4 is 0 Å². The molecular formula is C16H35NO2. The molecule has 0 aromatic carbocycles. The number of rotatable bonds is 12. The minimum absolute atomic E-state index is 0.125. The highest BCUT2D eigenvalue weighted by Crippen LogP contribution is 2.14. The lowest BCUT2D eigenvalue weighted by molar-refractivity contribution is 0.0477. The summed E-state index contributed by atoms with van der Waals surface area (Å²) in [7, 11) is 0. The molecule has 0 heterocycles. The molecule has 19 heavy (non-hydrogen) atoms. The first-order valence-corrected chi connectivity index (χ1v) is 7.91. The van der Waals surface area contributed by atoms with Crippen molar-refractivity contribution in [1.82, 2.24) is 5.32 Å².